The van der Waals surface area contributed by atoms with Crippen LogP contribution in [0.2, 0.25) is 0 Å². The molecule has 168 valence electrons. The molecular formula is C28H26BN3O2. The molecule has 5 nitrogen and oxygen atoms in total. The van der Waals surface area contributed by atoms with E-state index in [0.29, 0.717) is 0 Å². The monoisotopic (exact) mass is 447 g/mol. The van der Waals surface area contributed by atoms with E-state index in [2.05, 4.69) is 81.6 Å². The summed E-state index contributed by atoms with van der Waals surface area (Å²) < 4.78 is 0. The van der Waals surface area contributed by atoms with Crippen LogP contribution in [0.1, 0.15) is 13.8 Å². The molecule has 5 aromatic rings. The van der Waals surface area contributed by atoms with Crippen LogP contribution in [0.25, 0.3) is 21.9 Å². The number of rotatable bonds is 5. The number of aromatic nitrogens is 2. The summed E-state index contributed by atoms with van der Waals surface area (Å²) in [5.41, 5.74) is 4.87. The third-order valence-electron chi connectivity index (χ3n) is 5.37. The van der Waals surface area contributed by atoms with E-state index in [1.54, 1.807) is 12.4 Å². The van der Waals surface area contributed by atoms with Crippen LogP contribution in [0.15, 0.2) is 109 Å². The summed E-state index contributed by atoms with van der Waals surface area (Å²) in [6, 6.07) is 33.0. The van der Waals surface area contributed by atoms with Crippen molar-refractivity contribution < 1.29 is 10.0 Å². The Morgan fingerprint density at radius 1 is 0.588 bits per heavy atom. The van der Waals surface area contributed by atoms with E-state index in [0.717, 1.165) is 39.0 Å². The summed E-state index contributed by atoms with van der Waals surface area (Å²) >= 11 is 0. The van der Waals surface area contributed by atoms with E-state index >= 15 is 0 Å². The lowest BCUT2D eigenvalue weighted by Gasteiger charge is -2.25. The van der Waals surface area contributed by atoms with Crippen molar-refractivity contribution in [1.29, 1.82) is 0 Å². The molecule has 1 heterocycles. The number of nitrogens with zero attached hydrogens (tertiary/aromatic N) is 3. The van der Waals surface area contributed by atoms with Gasteiger partial charge in [0.15, 0.2) is 5.72 Å². The highest BCUT2D eigenvalue weighted by Crippen LogP contribution is 2.36. The molecule has 0 saturated carbocycles. The predicted molar refractivity (Wildman–Crippen MR) is 141 cm³/mol. The van der Waals surface area contributed by atoms with Gasteiger partial charge in [-0.05, 0) is 46.2 Å². The van der Waals surface area contributed by atoms with Gasteiger partial charge < -0.3 is 14.9 Å². The molecule has 0 aliphatic rings. The highest BCUT2D eigenvalue weighted by atomic mass is 16.4. The van der Waals surface area contributed by atoms with Gasteiger partial charge in [-0.25, -0.2) is 9.97 Å². The van der Waals surface area contributed by atoms with Crippen molar-refractivity contribution in [3.05, 3.63) is 109 Å². The van der Waals surface area contributed by atoms with Gasteiger partial charge in [-0.3, -0.25) is 0 Å². The van der Waals surface area contributed by atoms with Gasteiger partial charge >= 0.3 is 7.12 Å². The van der Waals surface area contributed by atoms with Crippen LogP contribution in [0, 0.1) is 0 Å². The van der Waals surface area contributed by atoms with Crippen molar-refractivity contribution in [3.8, 4) is 11.1 Å². The molecular weight excluding hydrogens is 421 g/mol. The average molecular weight is 447 g/mol. The minimum atomic E-state index is -1.71. The first-order chi connectivity index (χ1) is 16.7. The van der Waals surface area contributed by atoms with E-state index < -0.39 is 7.12 Å². The normalized spacial score (nSPS) is 10.4. The highest BCUT2D eigenvalue weighted by Gasteiger charge is 2.18. The molecule has 6 heteroatoms. The van der Waals surface area contributed by atoms with Crippen LogP contribution in [0.5, 0.6) is 0 Å². The van der Waals surface area contributed by atoms with Crippen molar-refractivity contribution in [2.24, 2.45) is 0 Å². The third kappa shape index (κ3) is 4.99. The van der Waals surface area contributed by atoms with E-state index in [1.165, 1.54) is 0 Å². The van der Waals surface area contributed by atoms with Gasteiger partial charge in [0, 0.05) is 11.4 Å². The number of anilines is 3. The SMILES string of the molecule is CC.OB(O)c1ncc(N(c2ccc(-c3ccccc3)cc2)c2ccc3ccccc3c2)cn1. The molecule has 0 fully saturated rings. The second-order valence-electron chi connectivity index (χ2n) is 7.45. The molecule has 0 amide bonds. The molecule has 0 atom stereocenters. The van der Waals surface area contributed by atoms with Gasteiger partial charge in [-0.2, -0.15) is 0 Å². The van der Waals surface area contributed by atoms with Crippen LogP contribution in [-0.2, 0) is 0 Å². The van der Waals surface area contributed by atoms with Crippen LogP contribution >= 0.6 is 0 Å². The standard InChI is InChI=1S/C26H20BN3O2.C2H6/c31-27(32)26-28-17-25(18-29-26)30(24-15-12-20-8-4-5-9-22(20)16-24)23-13-10-21(11-14-23)19-6-2-1-3-7-19;1-2/h1-18,31-32H;1-2H3. The fraction of sp³-hybridized carbons (Fsp3) is 0.0714. The van der Waals surface area contributed by atoms with Gasteiger partial charge in [0.2, 0.25) is 0 Å². The molecule has 0 saturated heterocycles. The number of hydrogen-bond acceptors (Lipinski definition) is 5. The van der Waals surface area contributed by atoms with Crippen LogP contribution in [-0.4, -0.2) is 27.1 Å². The highest BCUT2D eigenvalue weighted by molar-refractivity contribution is 6.56. The summed E-state index contributed by atoms with van der Waals surface area (Å²) in [6.45, 7) is 4.00. The molecule has 5 rings (SSSR count). The summed E-state index contributed by atoms with van der Waals surface area (Å²) in [7, 11) is -1.71. The summed E-state index contributed by atoms with van der Waals surface area (Å²) in [5, 5.41) is 21.0. The maximum Gasteiger partial charge on any atom is 0.528 e. The Balaban J connectivity index is 0.00000133. The Labute approximate surface area is 200 Å². The van der Waals surface area contributed by atoms with Crippen LogP contribution < -0.4 is 10.6 Å². The predicted octanol–water partition coefficient (Wildman–Crippen LogP) is 5.47. The van der Waals surface area contributed by atoms with E-state index in [1.807, 2.05) is 44.2 Å². The lowest BCUT2D eigenvalue weighted by molar-refractivity contribution is 0.422. The van der Waals surface area contributed by atoms with Crippen LogP contribution in [0.4, 0.5) is 17.1 Å². The zero-order valence-electron chi connectivity index (χ0n) is 19.2. The van der Waals surface area contributed by atoms with E-state index in [-0.39, 0.29) is 5.72 Å². The average Bonchev–Trinajstić information content (AvgIpc) is 2.91. The molecule has 0 aliphatic carbocycles. The van der Waals surface area contributed by atoms with Crippen molar-refractivity contribution >= 4 is 40.7 Å². The molecule has 0 spiro atoms. The van der Waals surface area contributed by atoms with Gasteiger partial charge in [0.1, 0.15) is 0 Å². The van der Waals surface area contributed by atoms with Gasteiger partial charge in [0.25, 0.3) is 0 Å². The van der Waals surface area contributed by atoms with Crippen molar-refractivity contribution in [2.75, 3.05) is 4.90 Å². The van der Waals surface area contributed by atoms with E-state index in [4.69, 9.17) is 0 Å². The topological polar surface area (TPSA) is 69.5 Å². The second kappa shape index (κ2) is 10.7. The third-order valence-corrected chi connectivity index (χ3v) is 5.37. The molecule has 1 aromatic heterocycles. The van der Waals surface area contributed by atoms with Crippen LogP contribution in [0.3, 0.4) is 0 Å². The number of hydrogen-bond donors (Lipinski definition) is 2. The van der Waals surface area contributed by atoms with Gasteiger partial charge in [-0.15, -0.1) is 0 Å². The molecule has 0 unspecified atom stereocenters. The largest absolute Gasteiger partial charge is 0.528 e. The first kappa shape index (κ1) is 23.2. The maximum absolute atomic E-state index is 9.36. The first-order valence-electron chi connectivity index (χ1n) is 11.3. The molecule has 0 bridgehead atoms. The van der Waals surface area contributed by atoms with Crippen molar-refractivity contribution in [1.82, 2.24) is 9.97 Å². The Morgan fingerprint density at radius 3 is 1.79 bits per heavy atom. The Bertz CT molecular complexity index is 1340. The molecule has 0 aliphatic heterocycles. The molecule has 4 aromatic carbocycles. The van der Waals surface area contributed by atoms with E-state index in [9.17, 15) is 10.0 Å². The lowest BCUT2D eigenvalue weighted by atomic mass is 9.91. The lowest BCUT2D eigenvalue weighted by Crippen LogP contribution is -2.35. The minimum absolute atomic E-state index is 0.0355. The smallest absolute Gasteiger partial charge is 0.421 e. The maximum atomic E-state index is 9.36. The van der Waals surface area contributed by atoms with Crippen molar-refractivity contribution in [3.63, 3.8) is 0 Å². The Kier molecular flexibility index (Phi) is 7.33. The zero-order valence-corrected chi connectivity index (χ0v) is 19.2. The minimum Gasteiger partial charge on any atom is -0.421 e. The fourth-order valence-electron chi connectivity index (χ4n) is 3.78. The van der Waals surface area contributed by atoms with Gasteiger partial charge in [-0.1, -0.05) is 86.6 Å². The zero-order chi connectivity index (χ0) is 23.9. The number of benzene rings is 4. The number of fused-ring (bicyclic) bond motifs is 1. The molecule has 34 heavy (non-hydrogen) atoms. The quantitative estimate of drug-likeness (QED) is 0.350. The summed E-state index contributed by atoms with van der Waals surface area (Å²) in [4.78, 5) is 10.3. The Morgan fingerprint density at radius 2 is 1.15 bits per heavy atom. The van der Waals surface area contributed by atoms with Gasteiger partial charge in [0.05, 0.1) is 18.1 Å². The van der Waals surface area contributed by atoms with Crippen molar-refractivity contribution in [2.45, 2.75) is 13.8 Å². The summed E-state index contributed by atoms with van der Waals surface area (Å²) in [5.74, 6) is 0. The fourth-order valence-corrected chi connectivity index (χ4v) is 3.78. The molecule has 0 radical (unpaired) electrons. The Hall–Kier alpha value is -4.00. The summed E-state index contributed by atoms with van der Waals surface area (Å²) in [6.07, 6.45) is 3.20. The second-order valence-corrected chi connectivity index (χ2v) is 7.45. The molecule has 2 N–H and O–H groups in total. The first-order valence-corrected chi connectivity index (χ1v) is 11.3.